The fourth-order valence-electron chi connectivity index (χ4n) is 5.74. The molecule has 0 saturated carbocycles. The predicted molar refractivity (Wildman–Crippen MR) is 127 cm³/mol. The third kappa shape index (κ3) is 4.37. The van der Waals surface area contributed by atoms with Crippen LogP contribution in [0.1, 0.15) is 77.7 Å². The Morgan fingerprint density at radius 3 is 2.65 bits per heavy atom. The number of hydrogen-bond acceptors (Lipinski definition) is 2. The third-order valence-corrected chi connectivity index (χ3v) is 7.60. The number of benzene rings is 1. The fraction of sp³-hybridized carbons (Fsp3) is 0.615. The van der Waals surface area contributed by atoms with Crippen molar-refractivity contribution >= 4 is 22.6 Å². The van der Waals surface area contributed by atoms with Gasteiger partial charge in [-0.3, -0.25) is 4.79 Å². The molecule has 1 unspecified atom stereocenters. The van der Waals surface area contributed by atoms with E-state index in [0.29, 0.717) is 5.41 Å². The summed E-state index contributed by atoms with van der Waals surface area (Å²) in [7, 11) is 2.08. The van der Waals surface area contributed by atoms with E-state index in [1.165, 1.54) is 56.1 Å². The smallest absolute Gasteiger partial charge is 0.269 e. The number of amides is 1. The monoisotopic (exact) mass is 423 g/mol. The normalized spacial score (nSPS) is 21.5. The number of nitrogens with one attached hydrogen (secondary N) is 1. The Kier molecular flexibility index (Phi) is 6.40. The van der Waals surface area contributed by atoms with E-state index in [0.717, 1.165) is 37.1 Å². The van der Waals surface area contributed by atoms with Gasteiger partial charge in [0.25, 0.3) is 5.91 Å². The first-order chi connectivity index (χ1) is 15.0. The summed E-state index contributed by atoms with van der Waals surface area (Å²) in [6.45, 7) is 10.8. The first kappa shape index (κ1) is 21.9. The summed E-state index contributed by atoms with van der Waals surface area (Å²) >= 11 is 0. The maximum absolute atomic E-state index is 12.6. The second-order valence-electron chi connectivity index (χ2n) is 9.79. The minimum atomic E-state index is -0.164. The quantitative estimate of drug-likeness (QED) is 0.636. The molecular weight excluding hydrogens is 384 g/mol. The number of carbonyl (C=O) groups excluding carboxylic acids is 1. The molecule has 2 aliphatic rings. The summed E-state index contributed by atoms with van der Waals surface area (Å²) in [6.07, 6.45) is 13.0. The summed E-state index contributed by atoms with van der Waals surface area (Å²) in [5.41, 5.74) is 5.00. The van der Waals surface area contributed by atoms with E-state index in [4.69, 9.17) is 0 Å². The van der Waals surface area contributed by atoms with Crippen LogP contribution in [-0.4, -0.2) is 23.6 Å². The van der Waals surface area contributed by atoms with Crippen molar-refractivity contribution in [3.63, 3.8) is 0 Å². The van der Waals surface area contributed by atoms with E-state index in [9.17, 15) is 4.79 Å². The van der Waals surface area contributed by atoms with Gasteiger partial charge in [-0.25, -0.2) is 9.13 Å². The van der Waals surface area contributed by atoms with Gasteiger partial charge < -0.3 is 10.2 Å². The number of hydrogen-bond donors (Lipinski definition) is 1. The van der Waals surface area contributed by atoms with E-state index >= 15 is 0 Å². The number of aryl methyl sites for hydroxylation is 1. The molecule has 4 rings (SSSR count). The minimum Gasteiger partial charge on any atom is -0.371 e. The second kappa shape index (κ2) is 9.05. The van der Waals surface area contributed by atoms with Crippen molar-refractivity contribution in [3.05, 3.63) is 36.8 Å². The van der Waals surface area contributed by atoms with E-state index < -0.39 is 0 Å². The van der Waals surface area contributed by atoms with Crippen LogP contribution in [0, 0.1) is 5.41 Å². The summed E-state index contributed by atoms with van der Waals surface area (Å²) in [5, 5.41) is 2.93. The Bertz CT molecular complexity index is 952. The number of allylic oxidation sites excluding steroid dienone is 1. The summed E-state index contributed by atoms with van der Waals surface area (Å²) in [6, 6.07) is 6.59. The van der Waals surface area contributed by atoms with Gasteiger partial charge in [-0.15, -0.1) is 0 Å². The van der Waals surface area contributed by atoms with E-state index in [-0.39, 0.29) is 11.9 Å². The first-order valence-corrected chi connectivity index (χ1v) is 12.2. The molecule has 2 aliphatic heterocycles. The van der Waals surface area contributed by atoms with Gasteiger partial charge in [-0.1, -0.05) is 39.7 Å². The highest BCUT2D eigenvalue weighted by Crippen LogP contribution is 2.42. The van der Waals surface area contributed by atoms with Crippen molar-refractivity contribution in [1.29, 1.82) is 0 Å². The maximum atomic E-state index is 12.6. The molecule has 2 aromatic rings. The fourth-order valence-corrected chi connectivity index (χ4v) is 5.74. The van der Waals surface area contributed by atoms with Gasteiger partial charge in [0.2, 0.25) is 6.33 Å². The zero-order valence-electron chi connectivity index (χ0n) is 19.6. The lowest BCUT2D eigenvalue weighted by molar-refractivity contribution is -0.686. The molecule has 31 heavy (non-hydrogen) atoms. The van der Waals surface area contributed by atoms with Crippen LogP contribution < -0.4 is 14.8 Å². The number of aromatic nitrogens is 2. The number of imidazole rings is 1. The third-order valence-electron chi connectivity index (χ3n) is 7.60. The maximum Gasteiger partial charge on any atom is 0.269 e. The Labute approximate surface area is 187 Å². The highest BCUT2D eigenvalue weighted by molar-refractivity contribution is 5.83. The highest BCUT2D eigenvalue weighted by atomic mass is 16.2. The van der Waals surface area contributed by atoms with Gasteiger partial charge in [0.1, 0.15) is 0 Å². The molecule has 1 atom stereocenters. The van der Waals surface area contributed by atoms with Crippen LogP contribution in [0.5, 0.6) is 0 Å². The average Bonchev–Trinajstić information content (AvgIpc) is 3.09. The molecule has 5 nitrogen and oxygen atoms in total. The Balaban J connectivity index is 1.53. The molecule has 1 aromatic carbocycles. The number of unbranched alkanes of at least 4 members (excludes halogenated alkanes) is 1. The second-order valence-corrected chi connectivity index (χ2v) is 9.79. The molecule has 0 aliphatic carbocycles. The number of piperidine rings is 2. The van der Waals surface area contributed by atoms with E-state index in [1.54, 1.807) is 0 Å². The largest absolute Gasteiger partial charge is 0.371 e. The number of anilines is 1. The molecule has 0 radical (unpaired) electrons. The number of rotatable bonds is 7. The molecule has 1 amide bonds. The minimum absolute atomic E-state index is 0.0493. The Morgan fingerprint density at radius 2 is 1.97 bits per heavy atom. The molecule has 2 saturated heterocycles. The van der Waals surface area contributed by atoms with Crippen LogP contribution in [-0.2, 0) is 11.8 Å². The number of carbonyl (C=O) groups is 1. The average molecular weight is 424 g/mol. The topological polar surface area (TPSA) is 41.1 Å². The Morgan fingerprint density at radius 1 is 1.19 bits per heavy atom. The van der Waals surface area contributed by atoms with Crippen molar-refractivity contribution in [2.45, 2.75) is 77.7 Å². The molecule has 0 spiro atoms. The predicted octanol–water partition coefficient (Wildman–Crippen LogP) is 5.01. The lowest BCUT2D eigenvalue weighted by atomic mass is 9.71. The van der Waals surface area contributed by atoms with Crippen LogP contribution >= 0.6 is 0 Å². The molecule has 1 N–H and O–H groups in total. The summed E-state index contributed by atoms with van der Waals surface area (Å²) in [5.74, 6) is 0.0493. The summed E-state index contributed by atoms with van der Waals surface area (Å²) in [4.78, 5) is 15.1. The number of nitrogens with zero attached hydrogens (tertiary/aromatic N) is 3. The molecule has 168 valence electrons. The lowest BCUT2D eigenvalue weighted by Crippen LogP contribution is -2.50. The van der Waals surface area contributed by atoms with E-state index in [2.05, 4.69) is 71.4 Å². The van der Waals surface area contributed by atoms with Crippen LogP contribution in [0.3, 0.4) is 0 Å². The van der Waals surface area contributed by atoms with Gasteiger partial charge in [0.05, 0.1) is 7.05 Å². The SMILES string of the molecule is C=C1CCC([n+]2cn(C)c3cc(N4CCC(CCC)(CCCC)CC4)ccc32)C(=O)N1. The zero-order chi connectivity index (χ0) is 22.0. The standard InChI is InChI=1S/C26H38N4O/c1-5-7-13-26(12-6-2)14-16-29(17-15-26)21-9-11-22-24(18-21)28(4)19-30(22)23-10-8-20(3)27-25(23)31/h9,11,18-19,23H,3,5-8,10,12-17H2,1-2,4H3/p+1. The van der Waals surface area contributed by atoms with Crippen molar-refractivity contribution < 1.29 is 9.36 Å². The van der Waals surface area contributed by atoms with Crippen LogP contribution in [0.4, 0.5) is 5.69 Å². The molecular formula is C26H39N4O+. The molecule has 3 heterocycles. The van der Waals surface area contributed by atoms with Crippen molar-refractivity contribution in [1.82, 2.24) is 9.88 Å². The Hall–Kier alpha value is -2.30. The van der Waals surface area contributed by atoms with Gasteiger partial charge in [0.15, 0.2) is 17.1 Å². The first-order valence-electron chi connectivity index (χ1n) is 12.2. The molecule has 5 heteroatoms. The molecule has 2 fully saturated rings. The zero-order valence-corrected chi connectivity index (χ0v) is 19.6. The van der Waals surface area contributed by atoms with Gasteiger partial charge in [-0.2, -0.15) is 0 Å². The summed E-state index contributed by atoms with van der Waals surface area (Å²) < 4.78 is 4.29. The van der Waals surface area contributed by atoms with Crippen molar-refractivity contribution in [2.24, 2.45) is 12.5 Å². The van der Waals surface area contributed by atoms with Gasteiger partial charge >= 0.3 is 0 Å². The van der Waals surface area contributed by atoms with Crippen LogP contribution in [0.25, 0.3) is 11.0 Å². The van der Waals surface area contributed by atoms with Crippen LogP contribution in [0.2, 0.25) is 0 Å². The molecule has 0 bridgehead atoms. The molecule has 1 aromatic heterocycles. The van der Waals surface area contributed by atoms with Crippen LogP contribution in [0.15, 0.2) is 36.8 Å². The van der Waals surface area contributed by atoms with Crippen molar-refractivity contribution in [2.75, 3.05) is 18.0 Å². The highest BCUT2D eigenvalue weighted by Gasteiger charge is 2.34. The van der Waals surface area contributed by atoms with Gasteiger partial charge in [0, 0.05) is 37.0 Å². The van der Waals surface area contributed by atoms with Crippen molar-refractivity contribution in [3.8, 4) is 0 Å². The van der Waals surface area contributed by atoms with E-state index in [1.807, 2.05) is 0 Å². The number of fused-ring (bicyclic) bond motifs is 1. The lowest BCUT2D eigenvalue weighted by Gasteiger charge is -2.43. The van der Waals surface area contributed by atoms with Gasteiger partial charge in [-0.05, 0) is 49.7 Å².